The molecule has 4 heteroatoms. The van der Waals surface area contributed by atoms with E-state index in [4.69, 9.17) is 0 Å². The average Bonchev–Trinajstić information content (AvgIpc) is 2.04. The largest absolute Gasteiger partial charge is 0.325 e. The van der Waals surface area contributed by atoms with Crippen molar-refractivity contribution >= 4 is 27.5 Å². The Morgan fingerprint density at radius 2 is 2.50 bits per heavy atom. The summed E-state index contributed by atoms with van der Waals surface area (Å²) in [6.07, 6.45) is 1.70. The molecule has 0 aliphatic carbocycles. The molecule has 0 atom stereocenters. The molecule has 1 amide bonds. The first kappa shape index (κ1) is 9.19. The molecule has 0 radical (unpaired) electrons. The summed E-state index contributed by atoms with van der Waals surface area (Å²) in [5.41, 5.74) is 1.61. The van der Waals surface area contributed by atoms with Crippen molar-refractivity contribution < 1.29 is 4.79 Å². The maximum Gasteiger partial charge on any atom is 0.221 e. The second-order valence-corrected chi connectivity index (χ2v) is 2.87. The molecular formula is C8H9BrN2O. The van der Waals surface area contributed by atoms with Crippen molar-refractivity contribution in [3.63, 3.8) is 0 Å². The van der Waals surface area contributed by atoms with E-state index < -0.39 is 0 Å². The fourth-order valence-corrected chi connectivity index (χ4v) is 1.29. The molecule has 0 saturated heterocycles. The number of pyridine rings is 1. The summed E-state index contributed by atoms with van der Waals surface area (Å²) in [7, 11) is 0. The Balaban J connectivity index is 2.89. The van der Waals surface area contributed by atoms with E-state index in [0.717, 1.165) is 11.4 Å². The highest BCUT2D eigenvalue weighted by Crippen LogP contribution is 2.14. The Morgan fingerprint density at radius 3 is 3.08 bits per heavy atom. The number of hydrogen-bond acceptors (Lipinski definition) is 2. The van der Waals surface area contributed by atoms with Gasteiger partial charge in [0.25, 0.3) is 0 Å². The Morgan fingerprint density at radius 1 is 1.75 bits per heavy atom. The van der Waals surface area contributed by atoms with Gasteiger partial charge in [-0.3, -0.25) is 9.78 Å². The molecule has 1 aromatic heterocycles. The summed E-state index contributed by atoms with van der Waals surface area (Å²) in [5, 5.41) is 3.34. The van der Waals surface area contributed by atoms with Crippen molar-refractivity contribution in [1.82, 2.24) is 4.98 Å². The number of carbonyl (C=O) groups excluding carboxylic acids is 1. The number of rotatable bonds is 2. The molecule has 3 nitrogen and oxygen atoms in total. The minimum atomic E-state index is -0.0785. The van der Waals surface area contributed by atoms with E-state index in [-0.39, 0.29) is 5.91 Å². The second kappa shape index (κ2) is 4.21. The quantitative estimate of drug-likeness (QED) is 0.787. The van der Waals surface area contributed by atoms with Crippen LogP contribution >= 0.6 is 15.9 Å². The summed E-state index contributed by atoms with van der Waals surface area (Å²) in [6.45, 7) is 1.48. The van der Waals surface area contributed by atoms with Crippen molar-refractivity contribution in [2.75, 3.05) is 5.32 Å². The maximum atomic E-state index is 10.7. The third kappa shape index (κ3) is 2.30. The van der Waals surface area contributed by atoms with Crippen LogP contribution in [0, 0.1) is 0 Å². The molecule has 0 aliphatic heterocycles. The van der Waals surface area contributed by atoms with Gasteiger partial charge in [-0.1, -0.05) is 15.9 Å². The minimum absolute atomic E-state index is 0.0785. The first-order valence-electron chi connectivity index (χ1n) is 3.51. The van der Waals surface area contributed by atoms with E-state index >= 15 is 0 Å². The molecule has 0 bridgehead atoms. The number of carbonyl (C=O) groups is 1. The third-order valence-corrected chi connectivity index (χ3v) is 1.86. The van der Waals surface area contributed by atoms with E-state index in [0.29, 0.717) is 5.33 Å². The lowest BCUT2D eigenvalue weighted by atomic mass is 10.3. The highest BCUT2D eigenvalue weighted by Gasteiger charge is 2.01. The summed E-state index contributed by atoms with van der Waals surface area (Å²) in [4.78, 5) is 14.8. The molecule has 12 heavy (non-hydrogen) atoms. The summed E-state index contributed by atoms with van der Waals surface area (Å²) < 4.78 is 0. The van der Waals surface area contributed by atoms with Crippen molar-refractivity contribution in [3.05, 3.63) is 24.0 Å². The van der Waals surface area contributed by atoms with Crippen molar-refractivity contribution in [2.45, 2.75) is 12.3 Å². The topological polar surface area (TPSA) is 42.0 Å². The van der Waals surface area contributed by atoms with Gasteiger partial charge in [0.05, 0.1) is 11.4 Å². The molecule has 0 saturated carbocycles. The van der Waals surface area contributed by atoms with Crippen LogP contribution in [0.2, 0.25) is 0 Å². The molecule has 0 unspecified atom stereocenters. The molecule has 1 heterocycles. The van der Waals surface area contributed by atoms with Crippen LogP contribution in [0.4, 0.5) is 5.69 Å². The van der Waals surface area contributed by atoms with E-state index in [2.05, 4.69) is 26.2 Å². The van der Waals surface area contributed by atoms with Gasteiger partial charge in [-0.05, 0) is 12.1 Å². The van der Waals surface area contributed by atoms with E-state index in [1.807, 2.05) is 6.07 Å². The predicted octanol–water partition coefficient (Wildman–Crippen LogP) is 1.93. The fraction of sp³-hybridized carbons (Fsp3) is 0.250. The van der Waals surface area contributed by atoms with E-state index in [9.17, 15) is 4.79 Å². The third-order valence-electron chi connectivity index (χ3n) is 1.33. The number of anilines is 1. The van der Waals surface area contributed by atoms with Crippen molar-refractivity contribution in [1.29, 1.82) is 0 Å². The summed E-state index contributed by atoms with van der Waals surface area (Å²) >= 11 is 3.28. The lowest BCUT2D eigenvalue weighted by Crippen LogP contribution is -2.08. The van der Waals surface area contributed by atoms with Gasteiger partial charge in [0.15, 0.2) is 0 Å². The normalized spacial score (nSPS) is 9.50. The monoisotopic (exact) mass is 228 g/mol. The number of nitrogens with zero attached hydrogens (tertiary/aromatic N) is 1. The van der Waals surface area contributed by atoms with Gasteiger partial charge >= 0.3 is 0 Å². The van der Waals surface area contributed by atoms with E-state index in [1.165, 1.54) is 6.92 Å². The number of alkyl halides is 1. The fourth-order valence-electron chi connectivity index (χ4n) is 0.848. The predicted molar refractivity (Wildman–Crippen MR) is 51.2 cm³/mol. The zero-order valence-electron chi connectivity index (χ0n) is 6.67. The SMILES string of the molecule is CC(=O)Nc1cccnc1CBr. The van der Waals surface area contributed by atoms with Crippen molar-refractivity contribution in [3.8, 4) is 0 Å². The van der Waals surface area contributed by atoms with Gasteiger partial charge in [0, 0.05) is 18.5 Å². The van der Waals surface area contributed by atoms with Crippen LogP contribution in [-0.4, -0.2) is 10.9 Å². The molecule has 1 N–H and O–H groups in total. The molecule has 1 rings (SSSR count). The van der Waals surface area contributed by atoms with Crippen LogP contribution < -0.4 is 5.32 Å². The maximum absolute atomic E-state index is 10.7. The second-order valence-electron chi connectivity index (χ2n) is 2.31. The molecule has 1 aromatic rings. The molecule has 0 fully saturated rings. The lowest BCUT2D eigenvalue weighted by Gasteiger charge is -2.04. The Kier molecular flexibility index (Phi) is 3.22. The Labute approximate surface area is 79.3 Å². The van der Waals surface area contributed by atoms with Crippen LogP contribution in [0.1, 0.15) is 12.6 Å². The lowest BCUT2D eigenvalue weighted by molar-refractivity contribution is -0.114. The van der Waals surface area contributed by atoms with Crippen molar-refractivity contribution in [2.24, 2.45) is 0 Å². The van der Waals surface area contributed by atoms with Crippen LogP contribution in [0.5, 0.6) is 0 Å². The van der Waals surface area contributed by atoms with Crippen LogP contribution in [-0.2, 0) is 10.1 Å². The van der Waals surface area contributed by atoms with Gasteiger partial charge in [-0.2, -0.15) is 0 Å². The first-order valence-corrected chi connectivity index (χ1v) is 4.63. The highest BCUT2D eigenvalue weighted by molar-refractivity contribution is 9.08. The van der Waals surface area contributed by atoms with Gasteiger partial charge in [-0.15, -0.1) is 0 Å². The van der Waals surface area contributed by atoms with Crippen LogP contribution in [0.15, 0.2) is 18.3 Å². The summed E-state index contributed by atoms with van der Waals surface area (Å²) in [6, 6.07) is 3.61. The highest BCUT2D eigenvalue weighted by atomic mass is 79.9. The molecular weight excluding hydrogens is 220 g/mol. The zero-order valence-corrected chi connectivity index (χ0v) is 8.26. The smallest absolute Gasteiger partial charge is 0.221 e. The Hall–Kier alpha value is -0.900. The number of nitrogens with one attached hydrogen (secondary N) is 1. The zero-order chi connectivity index (χ0) is 8.97. The standard InChI is InChI=1S/C8H9BrN2O/c1-6(12)11-7-3-2-4-10-8(7)5-9/h2-4H,5H2,1H3,(H,11,12). The van der Waals surface area contributed by atoms with Gasteiger partial charge in [-0.25, -0.2) is 0 Å². The number of amides is 1. The molecule has 0 aliphatic rings. The molecule has 0 aromatic carbocycles. The van der Waals surface area contributed by atoms with Crippen LogP contribution in [0.3, 0.4) is 0 Å². The molecule has 64 valence electrons. The average molecular weight is 229 g/mol. The molecule has 0 spiro atoms. The first-order chi connectivity index (χ1) is 5.74. The van der Waals surface area contributed by atoms with E-state index in [1.54, 1.807) is 12.3 Å². The number of aromatic nitrogens is 1. The van der Waals surface area contributed by atoms with Gasteiger partial charge in [0.1, 0.15) is 0 Å². The van der Waals surface area contributed by atoms with Gasteiger partial charge < -0.3 is 5.32 Å². The minimum Gasteiger partial charge on any atom is -0.325 e. The van der Waals surface area contributed by atoms with Gasteiger partial charge in [0.2, 0.25) is 5.91 Å². The Bertz CT molecular complexity index is 288. The summed E-state index contributed by atoms with van der Waals surface area (Å²) in [5.74, 6) is -0.0785. The number of halogens is 1. The number of hydrogen-bond donors (Lipinski definition) is 1. The van der Waals surface area contributed by atoms with Crippen LogP contribution in [0.25, 0.3) is 0 Å².